The smallest absolute Gasteiger partial charge is 0.414 e. The van der Waals surface area contributed by atoms with Crippen molar-refractivity contribution in [3.05, 3.63) is 59.9 Å². The Morgan fingerprint density at radius 1 is 1.12 bits per heavy atom. The quantitative estimate of drug-likeness (QED) is 0.310. The highest BCUT2D eigenvalue weighted by atomic mass is 32.2. The molecule has 0 radical (unpaired) electrons. The Hall–Kier alpha value is -3.56. The van der Waals surface area contributed by atoms with Gasteiger partial charge in [0, 0.05) is 38.7 Å². The summed E-state index contributed by atoms with van der Waals surface area (Å²) < 4.78 is 59.3. The summed E-state index contributed by atoms with van der Waals surface area (Å²) in [4.78, 5) is 32.9. The summed E-state index contributed by atoms with van der Waals surface area (Å²) in [6.45, 7) is 2.62. The molecular weight excluding hydrogens is 571 g/mol. The molecule has 42 heavy (non-hydrogen) atoms. The summed E-state index contributed by atoms with van der Waals surface area (Å²) in [5, 5.41) is 0. The maximum Gasteiger partial charge on any atom is 0.414 e. The van der Waals surface area contributed by atoms with Gasteiger partial charge in [-0.3, -0.25) is 9.69 Å². The van der Waals surface area contributed by atoms with Crippen LogP contribution in [-0.4, -0.2) is 78.8 Å². The number of hydrogen-bond donors (Lipinski definition) is 2. The maximum absolute atomic E-state index is 14.9. The van der Waals surface area contributed by atoms with Crippen molar-refractivity contribution in [3.8, 4) is 0 Å². The highest BCUT2D eigenvalue weighted by Gasteiger charge is 2.34. The first-order chi connectivity index (χ1) is 20.3. The van der Waals surface area contributed by atoms with Crippen molar-refractivity contribution in [2.24, 2.45) is 0 Å². The van der Waals surface area contributed by atoms with Gasteiger partial charge in [-0.05, 0) is 54.8 Å². The largest absolute Gasteiger partial charge is 0.443 e. The first-order valence-electron chi connectivity index (χ1n) is 13.7. The van der Waals surface area contributed by atoms with E-state index in [1.54, 1.807) is 24.3 Å². The number of ether oxygens (including phenoxy) is 3. The zero-order valence-corrected chi connectivity index (χ0v) is 23.7. The number of hydrogen-bond acceptors (Lipinski definition) is 9. The second-order valence-corrected chi connectivity index (χ2v) is 11.8. The number of morpholine rings is 1. The second-order valence-electron chi connectivity index (χ2n) is 9.99. The van der Waals surface area contributed by atoms with Crippen LogP contribution in [0.3, 0.4) is 0 Å². The fraction of sp³-hybridized carbons (Fsp3) is 0.429. The van der Waals surface area contributed by atoms with E-state index in [9.17, 15) is 22.4 Å². The number of nitrogens with one attached hydrogen (secondary N) is 2. The predicted molar refractivity (Wildman–Crippen MR) is 151 cm³/mol. The molecule has 12 nitrogen and oxygen atoms in total. The van der Waals surface area contributed by atoms with Crippen molar-refractivity contribution in [3.63, 3.8) is 0 Å². The van der Waals surface area contributed by atoms with E-state index in [0.29, 0.717) is 56.3 Å². The van der Waals surface area contributed by atoms with Gasteiger partial charge in [0.25, 0.3) is 5.91 Å². The highest BCUT2D eigenvalue weighted by molar-refractivity contribution is 7.89. The minimum absolute atomic E-state index is 0.0288. The van der Waals surface area contributed by atoms with Gasteiger partial charge >= 0.3 is 6.09 Å². The molecule has 3 aliphatic rings. The Balaban J connectivity index is 1.14. The van der Waals surface area contributed by atoms with Crippen LogP contribution in [0.4, 0.5) is 20.6 Å². The number of carbonyl (C=O) groups excluding carboxylic acids is 2. The van der Waals surface area contributed by atoms with E-state index in [2.05, 4.69) is 10.2 Å². The van der Waals surface area contributed by atoms with Crippen LogP contribution in [-0.2, 0) is 33.9 Å². The Morgan fingerprint density at radius 3 is 2.71 bits per heavy atom. The molecule has 3 heterocycles. The number of sulfonamides is 1. The molecule has 0 bridgehead atoms. The lowest BCUT2D eigenvalue weighted by Gasteiger charge is -2.29. The Kier molecular flexibility index (Phi) is 9.69. The van der Waals surface area contributed by atoms with Gasteiger partial charge < -0.3 is 19.1 Å². The fourth-order valence-electron chi connectivity index (χ4n) is 4.77. The van der Waals surface area contributed by atoms with E-state index in [4.69, 9.17) is 19.0 Å². The summed E-state index contributed by atoms with van der Waals surface area (Å²) in [5.74, 6) is -0.984. The van der Waals surface area contributed by atoms with Crippen LogP contribution < -0.4 is 20.0 Å². The highest BCUT2D eigenvalue weighted by Crippen LogP contribution is 2.28. The van der Waals surface area contributed by atoms with Crippen LogP contribution in [0.1, 0.15) is 24.8 Å². The van der Waals surface area contributed by atoms with Gasteiger partial charge in [0.2, 0.25) is 10.0 Å². The number of nitrogens with zero attached hydrogens (tertiary/aromatic N) is 2. The van der Waals surface area contributed by atoms with Gasteiger partial charge in [-0.25, -0.2) is 32.6 Å². The van der Waals surface area contributed by atoms with Crippen molar-refractivity contribution < 1.29 is 41.4 Å². The van der Waals surface area contributed by atoms with Crippen LogP contribution in [0.15, 0.2) is 53.4 Å². The molecule has 2 N–H and O–H groups in total. The molecule has 14 heteroatoms. The Bertz CT molecular complexity index is 1410. The maximum atomic E-state index is 14.9. The third-order valence-electron chi connectivity index (χ3n) is 6.99. The molecule has 2 atom stereocenters. The number of benzene rings is 2. The molecule has 2 amide bonds. The summed E-state index contributed by atoms with van der Waals surface area (Å²) in [7, 11) is -3.97. The zero-order chi connectivity index (χ0) is 29.5. The summed E-state index contributed by atoms with van der Waals surface area (Å²) >= 11 is 0. The first-order valence-corrected chi connectivity index (χ1v) is 15.2. The van der Waals surface area contributed by atoms with E-state index < -0.39 is 40.2 Å². The second kappa shape index (κ2) is 13.6. The van der Waals surface area contributed by atoms with Gasteiger partial charge in [0.1, 0.15) is 11.9 Å². The molecule has 0 spiro atoms. The van der Waals surface area contributed by atoms with Gasteiger partial charge in [-0.2, -0.15) is 0 Å². The summed E-state index contributed by atoms with van der Waals surface area (Å²) in [6.07, 6.45) is 3.33. The van der Waals surface area contributed by atoms with Gasteiger partial charge in [-0.1, -0.05) is 12.1 Å². The topological polar surface area (TPSA) is 136 Å². The van der Waals surface area contributed by atoms with E-state index in [0.717, 1.165) is 12.8 Å². The molecule has 1 unspecified atom stereocenters. The molecule has 3 saturated heterocycles. The monoisotopic (exact) mass is 604 g/mol. The van der Waals surface area contributed by atoms with E-state index in [1.807, 2.05) is 4.90 Å². The third kappa shape index (κ3) is 7.63. The molecule has 3 fully saturated rings. The average Bonchev–Trinajstić information content (AvgIpc) is 3.39. The van der Waals surface area contributed by atoms with Crippen LogP contribution in [0.2, 0.25) is 0 Å². The van der Waals surface area contributed by atoms with E-state index >= 15 is 0 Å². The molecule has 0 saturated carbocycles. The number of rotatable bonds is 10. The van der Waals surface area contributed by atoms with Gasteiger partial charge in [0.05, 0.1) is 36.0 Å². The molecule has 3 aliphatic heterocycles. The number of halogens is 1. The van der Waals surface area contributed by atoms with Crippen LogP contribution in [0.5, 0.6) is 0 Å². The lowest BCUT2D eigenvalue weighted by atomic mass is 10.2. The number of anilines is 2. The fourth-order valence-corrected chi connectivity index (χ4v) is 5.89. The molecule has 226 valence electrons. The normalized spacial score (nSPS) is 21.5. The Labute approximate surface area is 243 Å². The predicted octanol–water partition coefficient (Wildman–Crippen LogP) is 2.55. The van der Waals surface area contributed by atoms with Crippen LogP contribution >= 0.6 is 0 Å². The van der Waals surface area contributed by atoms with Crippen molar-refractivity contribution in [2.45, 2.75) is 36.6 Å². The number of hydroxylamine groups is 1. The minimum atomic E-state index is -3.97. The molecular formula is C28H33FN4O8S. The van der Waals surface area contributed by atoms with Crippen molar-refractivity contribution >= 4 is 39.5 Å². The lowest BCUT2D eigenvalue weighted by Crippen LogP contribution is -2.37. The molecule has 2 aromatic carbocycles. The SMILES string of the molecule is O=C(/C=C/c1cccc(S(=O)(=O)NC[C@H]2CN(c3ccc(N4CCOCC4)c(F)c3)C(=O)O2)c1)NOC1CCCCO1. The van der Waals surface area contributed by atoms with E-state index in [1.165, 1.54) is 35.3 Å². The van der Waals surface area contributed by atoms with Gasteiger partial charge in [0.15, 0.2) is 6.29 Å². The first kappa shape index (κ1) is 29.9. The molecule has 0 aromatic heterocycles. The zero-order valence-electron chi connectivity index (χ0n) is 22.9. The lowest BCUT2D eigenvalue weighted by molar-refractivity contribution is -0.198. The van der Waals surface area contributed by atoms with Crippen molar-refractivity contribution in [1.82, 2.24) is 10.2 Å². The molecule has 0 aliphatic carbocycles. The number of carbonyl (C=O) groups is 2. The molecule has 5 rings (SSSR count). The van der Waals surface area contributed by atoms with Gasteiger partial charge in [-0.15, -0.1) is 0 Å². The Morgan fingerprint density at radius 2 is 1.95 bits per heavy atom. The summed E-state index contributed by atoms with van der Waals surface area (Å²) in [6, 6.07) is 10.5. The van der Waals surface area contributed by atoms with Crippen LogP contribution in [0.25, 0.3) is 6.08 Å². The average molecular weight is 605 g/mol. The van der Waals surface area contributed by atoms with E-state index in [-0.39, 0.29) is 18.0 Å². The molecule has 2 aromatic rings. The van der Waals surface area contributed by atoms with Crippen molar-refractivity contribution in [2.75, 3.05) is 55.8 Å². The minimum Gasteiger partial charge on any atom is -0.443 e. The number of cyclic esters (lactones) is 1. The summed E-state index contributed by atoms with van der Waals surface area (Å²) in [5.41, 5.74) is 3.53. The number of amides is 2. The standard InChI is InChI=1S/C28H33FN4O8S/c29-24-17-21(8-9-25(24)32-11-14-38-15-12-32)33-19-22(40-28(33)35)18-30-42(36,37)23-5-3-4-20(16-23)7-10-26(34)31-41-27-6-1-2-13-39-27/h3-5,7-10,16-17,22,27,30H,1-2,6,11-15,18-19H2,(H,31,34)/b10-7+/t22-,27?/m0/s1. The van der Waals surface area contributed by atoms with Crippen molar-refractivity contribution in [1.29, 1.82) is 0 Å². The third-order valence-corrected chi connectivity index (χ3v) is 8.42. The van der Waals surface area contributed by atoms with Crippen LogP contribution in [0, 0.1) is 5.82 Å².